The smallest absolute Gasteiger partial charge is 0.142 e. The van der Waals surface area contributed by atoms with E-state index in [1.54, 1.807) is 12.1 Å². The highest BCUT2D eigenvalue weighted by molar-refractivity contribution is 6.30. The largest absolute Gasteiger partial charge is 0.387 e. The van der Waals surface area contributed by atoms with E-state index in [1.165, 1.54) is 18.4 Å². The predicted molar refractivity (Wildman–Crippen MR) is 108 cm³/mol. The first-order valence-electron chi connectivity index (χ1n) is 10.2. The van der Waals surface area contributed by atoms with Crippen molar-refractivity contribution in [2.75, 3.05) is 0 Å². The summed E-state index contributed by atoms with van der Waals surface area (Å²) in [4.78, 5) is 4.28. The van der Waals surface area contributed by atoms with Crippen LogP contribution < -0.4 is 0 Å². The summed E-state index contributed by atoms with van der Waals surface area (Å²) >= 11 is 5.82. The van der Waals surface area contributed by atoms with Crippen molar-refractivity contribution in [2.45, 2.75) is 56.5 Å². The minimum Gasteiger partial charge on any atom is -0.387 e. The first kappa shape index (κ1) is 18.1. The van der Waals surface area contributed by atoms with Crippen molar-refractivity contribution in [1.82, 2.24) is 9.38 Å². The molecule has 2 aliphatic carbocycles. The zero-order chi connectivity index (χ0) is 19.3. The molecule has 28 heavy (non-hydrogen) atoms. The number of aliphatic hydroxyl groups is 1. The first-order chi connectivity index (χ1) is 13.6. The second-order valence-corrected chi connectivity index (χ2v) is 8.77. The number of rotatable bonds is 4. The molecule has 0 amide bonds. The fourth-order valence-electron chi connectivity index (χ4n) is 4.84. The molecule has 0 bridgehead atoms. The number of aromatic nitrogens is 2. The van der Waals surface area contributed by atoms with Gasteiger partial charge in [0.1, 0.15) is 5.82 Å². The van der Waals surface area contributed by atoms with E-state index in [0.717, 1.165) is 42.5 Å². The molecule has 5 rings (SSSR count). The molecule has 5 heteroatoms. The van der Waals surface area contributed by atoms with Crippen LogP contribution in [0.3, 0.4) is 0 Å². The summed E-state index contributed by atoms with van der Waals surface area (Å²) in [6, 6.07) is 9.43. The van der Waals surface area contributed by atoms with Gasteiger partial charge in [0.15, 0.2) is 0 Å². The molecule has 0 aliphatic heterocycles. The van der Waals surface area contributed by atoms with Gasteiger partial charge in [0.05, 0.1) is 34.9 Å². The van der Waals surface area contributed by atoms with Crippen molar-refractivity contribution >= 4 is 17.1 Å². The van der Waals surface area contributed by atoms with Gasteiger partial charge < -0.3 is 9.51 Å². The number of fused-ring (bicyclic) bond motifs is 1. The molecule has 2 aromatic heterocycles. The molecule has 0 spiro atoms. The van der Waals surface area contributed by atoms with E-state index >= 15 is 0 Å². The molecule has 0 radical (unpaired) electrons. The highest BCUT2D eigenvalue weighted by Gasteiger charge is 2.34. The minimum absolute atomic E-state index is 0.175. The molecule has 146 valence electrons. The molecule has 3 aromatic rings. The van der Waals surface area contributed by atoms with Gasteiger partial charge in [-0.3, -0.25) is 0 Å². The fourth-order valence-corrected chi connectivity index (χ4v) is 4.96. The average Bonchev–Trinajstić information content (AvgIpc) is 3.45. The van der Waals surface area contributed by atoms with Gasteiger partial charge in [-0.1, -0.05) is 23.7 Å². The topological polar surface area (TPSA) is 37.5 Å². The van der Waals surface area contributed by atoms with Crippen molar-refractivity contribution < 1.29 is 9.50 Å². The van der Waals surface area contributed by atoms with E-state index in [1.807, 2.05) is 18.6 Å². The molecule has 2 heterocycles. The van der Waals surface area contributed by atoms with E-state index in [9.17, 15) is 9.50 Å². The summed E-state index contributed by atoms with van der Waals surface area (Å²) in [5.74, 6) is 0.785. The standard InChI is InChI=1S/C23H24ClFN2O/c24-20-10-7-17(11-21(20)25)14-1-5-16(6-2-14)23(28)22-19(15-3-4-15)9-8-18-12-26-13-27(18)22/h7-16,23,28H,1-6H2. The Morgan fingerprint density at radius 2 is 1.79 bits per heavy atom. The summed E-state index contributed by atoms with van der Waals surface area (Å²) in [5, 5.41) is 11.5. The molecule has 0 saturated heterocycles. The molecule has 2 aliphatic rings. The summed E-state index contributed by atoms with van der Waals surface area (Å²) in [6.07, 6.45) is 9.38. The normalized spacial score (nSPS) is 23.8. The highest BCUT2D eigenvalue weighted by atomic mass is 35.5. The van der Waals surface area contributed by atoms with Crippen LogP contribution in [0.4, 0.5) is 4.39 Å². The van der Waals surface area contributed by atoms with Gasteiger partial charge in [0, 0.05) is 0 Å². The van der Waals surface area contributed by atoms with Crippen LogP contribution in [0.5, 0.6) is 0 Å². The van der Waals surface area contributed by atoms with Crippen LogP contribution in [-0.4, -0.2) is 14.5 Å². The zero-order valence-electron chi connectivity index (χ0n) is 15.7. The third-order valence-electron chi connectivity index (χ3n) is 6.59. The van der Waals surface area contributed by atoms with E-state index < -0.39 is 6.10 Å². The fraction of sp³-hybridized carbons (Fsp3) is 0.435. The lowest BCUT2D eigenvalue weighted by molar-refractivity contribution is 0.0754. The average molecular weight is 399 g/mol. The summed E-state index contributed by atoms with van der Waals surface area (Å²) in [7, 11) is 0. The number of halogens is 2. The molecule has 1 atom stereocenters. The predicted octanol–water partition coefficient (Wildman–Crippen LogP) is 6.01. The van der Waals surface area contributed by atoms with Crippen LogP contribution in [0.25, 0.3) is 5.52 Å². The Hall–Kier alpha value is -1.91. The molecule has 1 N–H and O–H groups in total. The van der Waals surface area contributed by atoms with Crippen molar-refractivity contribution in [3.8, 4) is 0 Å². The van der Waals surface area contributed by atoms with Gasteiger partial charge in [0.25, 0.3) is 0 Å². The van der Waals surface area contributed by atoms with Gasteiger partial charge in [-0.25, -0.2) is 9.37 Å². The Labute approximate surface area is 169 Å². The Morgan fingerprint density at radius 3 is 2.50 bits per heavy atom. The molecule has 1 unspecified atom stereocenters. The Balaban J connectivity index is 1.37. The van der Waals surface area contributed by atoms with Crippen LogP contribution in [-0.2, 0) is 0 Å². The van der Waals surface area contributed by atoms with Gasteiger partial charge in [-0.05, 0) is 85.6 Å². The zero-order valence-corrected chi connectivity index (χ0v) is 16.4. The van der Waals surface area contributed by atoms with Crippen LogP contribution in [0, 0.1) is 11.7 Å². The second kappa shape index (κ2) is 7.16. The number of hydrogen-bond acceptors (Lipinski definition) is 2. The summed E-state index contributed by atoms with van der Waals surface area (Å²) in [5.41, 5.74) is 4.35. The van der Waals surface area contributed by atoms with Gasteiger partial charge in [-0.2, -0.15) is 0 Å². The maximum absolute atomic E-state index is 13.8. The monoisotopic (exact) mass is 398 g/mol. The Kier molecular flexibility index (Phi) is 4.64. The Bertz CT molecular complexity index is 1010. The Morgan fingerprint density at radius 1 is 1.04 bits per heavy atom. The first-order valence-corrected chi connectivity index (χ1v) is 10.6. The number of imidazole rings is 1. The second-order valence-electron chi connectivity index (χ2n) is 8.37. The molecule has 3 nitrogen and oxygen atoms in total. The van der Waals surface area contributed by atoms with E-state index in [4.69, 9.17) is 11.6 Å². The third kappa shape index (κ3) is 3.23. The van der Waals surface area contributed by atoms with Crippen molar-refractivity contribution in [3.05, 3.63) is 70.5 Å². The lowest BCUT2D eigenvalue weighted by atomic mass is 9.75. The van der Waals surface area contributed by atoms with Gasteiger partial charge >= 0.3 is 0 Å². The van der Waals surface area contributed by atoms with E-state index in [2.05, 4.69) is 21.5 Å². The minimum atomic E-state index is -0.489. The lowest BCUT2D eigenvalue weighted by Gasteiger charge is -2.33. The van der Waals surface area contributed by atoms with Crippen LogP contribution in [0.2, 0.25) is 5.02 Å². The molecule has 1 aromatic carbocycles. The van der Waals surface area contributed by atoms with Gasteiger partial charge in [0.2, 0.25) is 0 Å². The number of nitrogens with zero attached hydrogens (tertiary/aromatic N) is 2. The number of aliphatic hydroxyl groups excluding tert-OH is 1. The highest BCUT2D eigenvalue weighted by Crippen LogP contribution is 2.47. The van der Waals surface area contributed by atoms with Crippen LogP contribution >= 0.6 is 11.6 Å². The summed E-state index contributed by atoms with van der Waals surface area (Å²) in [6.45, 7) is 0. The maximum atomic E-state index is 13.8. The van der Waals surface area contributed by atoms with Crippen LogP contribution in [0.15, 0.2) is 42.9 Å². The lowest BCUT2D eigenvalue weighted by Crippen LogP contribution is -2.22. The number of hydrogen-bond donors (Lipinski definition) is 1. The van der Waals surface area contributed by atoms with Crippen LogP contribution in [0.1, 0.15) is 73.3 Å². The third-order valence-corrected chi connectivity index (χ3v) is 6.89. The number of benzene rings is 1. The quantitative estimate of drug-likeness (QED) is 0.584. The molecule has 2 fully saturated rings. The maximum Gasteiger partial charge on any atom is 0.142 e. The van der Waals surface area contributed by atoms with Gasteiger partial charge in [-0.15, -0.1) is 0 Å². The SMILES string of the molecule is OC(c1c(C2CC2)ccc2cncn12)C1CCC(c2ccc(Cl)c(F)c2)CC1. The van der Waals surface area contributed by atoms with Crippen molar-refractivity contribution in [1.29, 1.82) is 0 Å². The molecular formula is C23H24ClFN2O. The van der Waals surface area contributed by atoms with Crippen molar-refractivity contribution in [2.24, 2.45) is 5.92 Å². The van der Waals surface area contributed by atoms with E-state index in [-0.39, 0.29) is 16.8 Å². The van der Waals surface area contributed by atoms with Crippen molar-refractivity contribution in [3.63, 3.8) is 0 Å². The number of pyridine rings is 1. The summed E-state index contributed by atoms with van der Waals surface area (Å²) < 4.78 is 15.9. The molecule has 2 saturated carbocycles. The molecular weight excluding hydrogens is 375 g/mol. The van der Waals surface area contributed by atoms with E-state index in [0.29, 0.717) is 11.8 Å².